The Bertz CT molecular complexity index is 238. The third-order valence-corrected chi connectivity index (χ3v) is 1.26. The zero-order chi connectivity index (χ0) is 8.97. The number of carbonyl (C=O) groups is 1. The highest BCUT2D eigenvalue weighted by Crippen LogP contribution is 2.21. The summed E-state index contributed by atoms with van der Waals surface area (Å²) in [5, 5.41) is 5.74. The lowest BCUT2D eigenvalue weighted by molar-refractivity contribution is -0.142. The van der Waals surface area contributed by atoms with Crippen molar-refractivity contribution in [2.24, 2.45) is 0 Å². The monoisotopic (exact) mass is 176 g/mol. The largest absolute Gasteiger partial charge is 0.452 e. The van der Waals surface area contributed by atoms with E-state index in [9.17, 15) is 13.6 Å². The summed E-state index contributed by atoms with van der Waals surface area (Å²) in [5.74, 6) is 0. The smallest absolute Gasteiger partial charge is 0.293 e. The number of aromatic nitrogens is 2. The molecule has 0 saturated heterocycles. The summed E-state index contributed by atoms with van der Waals surface area (Å²) >= 11 is 0. The normalized spacial score (nSPS) is 12.9. The van der Waals surface area contributed by atoms with Gasteiger partial charge >= 0.3 is 0 Å². The zero-order valence-corrected chi connectivity index (χ0v) is 5.91. The fourth-order valence-electron chi connectivity index (χ4n) is 0.753. The van der Waals surface area contributed by atoms with Gasteiger partial charge in [-0.3, -0.25) is 9.89 Å². The number of alkyl halides is 2. The van der Waals surface area contributed by atoms with Gasteiger partial charge in [0.15, 0.2) is 0 Å². The Morgan fingerprint density at radius 1 is 1.67 bits per heavy atom. The molecule has 1 unspecified atom stereocenters. The van der Waals surface area contributed by atoms with E-state index in [1.54, 1.807) is 0 Å². The summed E-state index contributed by atoms with van der Waals surface area (Å²) in [4.78, 5) is 9.83. The quantitative estimate of drug-likeness (QED) is 0.693. The van der Waals surface area contributed by atoms with Crippen LogP contribution in [-0.4, -0.2) is 23.1 Å². The molecule has 0 aliphatic heterocycles. The Hall–Kier alpha value is -1.46. The lowest BCUT2D eigenvalue weighted by Crippen LogP contribution is -2.13. The molecule has 0 spiro atoms. The first-order valence-electron chi connectivity index (χ1n) is 3.12. The molecule has 0 bridgehead atoms. The van der Waals surface area contributed by atoms with Crippen LogP contribution in [0.15, 0.2) is 12.3 Å². The van der Waals surface area contributed by atoms with Gasteiger partial charge in [0.1, 0.15) is 0 Å². The van der Waals surface area contributed by atoms with Gasteiger partial charge in [-0.15, -0.1) is 0 Å². The molecule has 1 rings (SSSR count). The average molecular weight is 176 g/mol. The molecule has 4 nitrogen and oxygen atoms in total. The molecule has 12 heavy (non-hydrogen) atoms. The van der Waals surface area contributed by atoms with Crippen molar-refractivity contribution in [1.29, 1.82) is 0 Å². The molecule has 66 valence electrons. The molecule has 0 aliphatic carbocycles. The number of nitrogens with zero attached hydrogens (tertiary/aromatic N) is 1. The van der Waals surface area contributed by atoms with Crippen molar-refractivity contribution >= 4 is 6.47 Å². The Balaban J connectivity index is 2.73. The summed E-state index contributed by atoms with van der Waals surface area (Å²) in [6, 6.07) is 1.32. The zero-order valence-electron chi connectivity index (χ0n) is 5.91. The first-order chi connectivity index (χ1) is 5.75. The van der Waals surface area contributed by atoms with E-state index in [1.807, 2.05) is 0 Å². The van der Waals surface area contributed by atoms with E-state index in [2.05, 4.69) is 14.9 Å². The van der Waals surface area contributed by atoms with Crippen LogP contribution in [-0.2, 0) is 9.53 Å². The maximum absolute atomic E-state index is 12.1. The van der Waals surface area contributed by atoms with Crippen LogP contribution in [0.1, 0.15) is 11.8 Å². The van der Waals surface area contributed by atoms with Crippen molar-refractivity contribution in [2.75, 3.05) is 0 Å². The van der Waals surface area contributed by atoms with E-state index >= 15 is 0 Å². The highest BCUT2D eigenvalue weighted by molar-refractivity contribution is 5.38. The van der Waals surface area contributed by atoms with Crippen molar-refractivity contribution < 1.29 is 18.3 Å². The molecule has 0 fully saturated rings. The standard InChI is InChI=1S/C6H6F2N2O2/c7-6(8)5(12-3-11)4-1-2-9-10-4/h1-3,5-6H,(H,9,10). The van der Waals surface area contributed by atoms with Gasteiger partial charge in [-0.05, 0) is 6.07 Å². The van der Waals surface area contributed by atoms with E-state index in [4.69, 9.17) is 0 Å². The molecule has 0 aromatic carbocycles. The fraction of sp³-hybridized carbons (Fsp3) is 0.333. The number of rotatable bonds is 4. The Labute approximate surface area is 66.5 Å². The van der Waals surface area contributed by atoms with Crippen LogP contribution in [0, 0.1) is 0 Å². The molecule has 0 radical (unpaired) electrons. The molecular weight excluding hydrogens is 170 g/mol. The summed E-state index contributed by atoms with van der Waals surface area (Å²) < 4.78 is 28.4. The summed E-state index contributed by atoms with van der Waals surface area (Å²) in [6.07, 6.45) is -3.00. The first kappa shape index (κ1) is 8.63. The van der Waals surface area contributed by atoms with E-state index in [0.717, 1.165) is 0 Å². The highest BCUT2D eigenvalue weighted by atomic mass is 19.3. The van der Waals surface area contributed by atoms with Gasteiger partial charge in [0, 0.05) is 6.20 Å². The minimum absolute atomic E-state index is 0.0162. The maximum atomic E-state index is 12.1. The van der Waals surface area contributed by atoms with Crippen LogP contribution in [0.5, 0.6) is 0 Å². The van der Waals surface area contributed by atoms with Crippen molar-refractivity contribution in [2.45, 2.75) is 12.5 Å². The van der Waals surface area contributed by atoms with E-state index in [1.165, 1.54) is 12.3 Å². The fourth-order valence-corrected chi connectivity index (χ4v) is 0.753. The lowest BCUT2D eigenvalue weighted by atomic mass is 10.3. The van der Waals surface area contributed by atoms with Crippen LogP contribution >= 0.6 is 0 Å². The summed E-state index contributed by atoms with van der Waals surface area (Å²) in [7, 11) is 0. The average Bonchev–Trinajstić information content (AvgIpc) is 2.51. The van der Waals surface area contributed by atoms with Gasteiger partial charge in [0.2, 0.25) is 6.10 Å². The van der Waals surface area contributed by atoms with Gasteiger partial charge in [-0.2, -0.15) is 5.10 Å². The number of hydrogen-bond donors (Lipinski definition) is 1. The van der Waals surface area contributed by atoms with Gasteiger partial charge in [0.05, 0.1) is 5.69 Å². The third-order valence-electron chi connectivity index (χ3n) is 1.26. The van der Waals surface area contributed by atoms with Gasteiger partial charge in [0.25, 0.3) is 12.9 Å². The molecule has 0 amide bonds. The number of halogens is 2. The van der Waals surface area contributed by atoms with E-state index in [-0.39, 0.29) is 12.2 Å². The number of H-pyrrole nitrogens is 1. The van der Waals surface area contributed by atoms with Crippen molar-refractivity contribution in [3.63, 3.8) is 0 Å². The maximum Gasteiger partial charge on any atom is 0.293 e. The molecule has 1 aromatic heterocycles. The lowest BCUT2D eigenvalue weighted by Gasteiger charge is -2.10. The van der Waals surface area contributed by atoms with Crippen LogP contribution in [0.25, 0.3) is 0 Å². The Kier molecular flexibility index (Phi) is 2.73. The van der Waals surface area contributed by atoms with Crippen molar-refractivity contribution in [1.82, 2.24) is 10.2 Å². The molecule has 1 atom stereocenters. The van der Waals surface area contributed by atoms with Crippen LogP contribution in [0.3, 0.4) is 0 Å². The third kappa shape index (κ3) is 1.77. The molecule has 0 saturated carbocycles. The second-order valence-corrected chi connectivity index (χ2v) is 2.00. The number of hydrogen-bond acceptors (Lipinski definition) is 3. The number of nitrogens with one attached hydrogen (secondary N) is 1. The van der Waals surface area contributed by atoms with Gasteiger partial charge in [-0.1, -0.05) is 0 Å². The molecule has 6 heteroatoms. The second kappa shape index (κ2) is 3.80. The summed E-state index contributed by atoms with van der Waals surface area (Å²) in [5.41, 5.74) is 0.0806. The molecule has 1 aromatic rings. The van der Waals surface area contributed by atoms with Crippen LogP contribution < -0.4 is 0 Å². The summed E-state index contributed by atoms with van der Waals surface area (Å²) in [6.45, 7) is -0.0162. The Morgan fingerprint density at radius 3 is 2.83 bits per heavy atom. The van der Waals surface area contributed by atoms with E-state index < -0.39 is 12.5 Å². The predicted octanol–water partition coefficient (Wildman–Crippen LogP) is 0.889. The number of ether oxygens (including phenoxy) is 1. The minimum atomic E-state index is -2.75. The first-order valence-corrected chi connectivity index (χ1v) is 3.12. The number of aromatic amines is 1. The molecule has 0 aliphatic rings. The minimum Gasteiger partial charge on any atom is -0.452 e. The van der Waals surface area contributed by atoms with Crippen molar-refractivity contribution in [3.05, 3.63) is 18.0 Å². The Morgan fingerprint density at radius 2 is 2.42 bits per heavy atom. The predicted molar refractivity (Wildman–Crippen MR) is 34.5 cm³/mol. The topological polar surface area (TPSA) is 55.0 Å². The van der Waals surface area contributed by atoms with Gasteiger partial charge < -0.3 is 4.74 Å². The van der Waals surface area contributed by atoms with Crippen LogP contribution in [0.2, 0.25) is 0 Å². The highest BCUT2D eigenvalue weighted by Gasteiger charge is 2.24. The molecule has 1 N–H and O–H groups in total. The molecular formula is C6H6F2N2O2. The van der Waals surface area contributed by atoms with Crippen LogP contribution in [0.4, 0.5) is 8.78 Å². The second-order valence-electron chi connectivity index (χ2n) is 2.00. The molecule has 1 heterocycles. The SMILES string of the molecule is O=COC(c1ccn[nH]1)C(F)F. The van der Waals surface area contributed by atoms with Crippen molar-refractivity contribution in [3.8, 4) is 0 Å². The van der Waals surface area contributed by atoms with Gasteiger partial charge in [-0.25, -0.2) is 8.78 Å². The van der Waals surface area contributed by atoms with E-state index in [0.29, 0.717) is 0 Å². The number of carbonyl (C=O) groups excluding carboxylic acids is 1.